The lowest BCUT2D eigenvalue weighted by molar-refractivity contribution is -0.149. The van der Waals surface area contributed by atoms with Crippen LogP contribution in [0.25, 0.3) is 0 Å². The van der Waals surface area contributed by atoms with Gasteiger partial charge in [-0.2, -0.15) is 0 Å². The largest absolute Gasteiger partial charge is 0.481 e. The van der Waals surface area contributed by atoms with Gasteiger partial charge in [-0.15, -0.1) is 0 Å². The van der Waals surface area contributed by atoms with Gasteiger partial charge >= 0.3 is 5.97 Å². The number of likely N-dealkylation sites (tertiary alicyclic amines) is 1. The van der Waals surface area contributed by atoms with Gasteiger partial charge in [0.15, 0.2) is 0 Å². The average molecular weight is 226 g/mol. The monoisotopic (exact) mass is 226 g/mol. The summed E-state index contributed by atoms with van der Waals surface area (Å²) in [6, 6.07) is 0.186. The van der Waals surface area contributed by atoms with Gasteiger partial charge in [0.1, 0.15) is 0 Å². The summed E-state index contributed by atoms with van der Waals surface area (Å²) in [5.41, 5.74) is 5.26. The van der Waals surface area contributed by atoms with Crippen LogP contribution in [-0.4, -0.2) is 41.0 Å². The molecule has 0 aromatic heterocycles. The normalized spacial score (nSPS) is 32.0. The molecule has 0 bridgehead atoms. The maximum Gasteiger partial charge on any atom is 0.308 e. The zero-order chi connectivity index (χ0) is 11.7. The van der Waals surface area contributed by atoms with E-state index in [0.29, 0.717) is 0 Å². The maximum absolute atomic E-state index is 11.0. The molecule has 2 unspecified atom stereocenters. The average Bonchev–Trinajstić information content (AvgIpc) is 2.15. The number of carboxylic acid groups (broad SMARTS) is 1. The minimum atomic E-state index is -0.687. The molecule has 3 N–H and O–H groups in total. The molecular formula is C11H18N2O3. The topological polar surface area (TPSA) is 83.6 Å². The van der Waals surface area contributed by atoms with Crippen molar-refractivity contribution < 1.29 is 14.7 Å². The fourth-order valence-corrected chi connectivity index (χ4v) is 2.72. The molecule has 1 aliphatic heterocycles. The highest BCUT2D eigenvalue weighted by molar-refractivity contribution is 5.76. The molecule has 16 heavy (non-hydrogen) atoms. The molecule has 1 saturated carbocycles. The number of rotatable bonds is 3. The summed E-state index contributed by atoms with van der Waals surface area (Å²) in [5.74, 6) is -1.12. The van der Waals surface area contributed by atoms with Gasteiger partial charge in [-0.3, -0.25) is 14.5 Å². The van der Waals surface area contributed by atoms with E-state index in [1.165, 1.54) is 0 Å². The molecule has 1 saturated heterocycles. The van der Waals surface area contributed by atoms with Crippen molar-refractivity contribution in [3.63, 3.8) is 0 Å². The number of carbonyl (C=O) groups excluding carboxylic acids is 1. The number of amides is 1. The first-order valence-corrected chi connectivity index (χ1v) is 5.85. The zero-order valence-corrected chi connectivity index (χ0v) is 9.26. The van der Waals surface area contributed by atoms with Crippen molar-refractivity contribution >= 4 is 11.9 Å². The number of primary amides is 1. The van der Waals surface area contributed by atoms with Crippen LogP contribution in [0.5, 0.6) is 0 Å². The fraction of sp³-hybridized carbons (Fsp3) is 0.818. The van der Waals surface area contributed by atoms with Crippen LogP contribution < -0.4 is 5.73 Å². The molecule has 0 aromatic carbocycles. The molecule has 2 rings (SSSR count). The van der Waals surface area contributed by atoms with E-state index in [1.54, 1.807) is 0 Å². The molecule has 1 heterocycles. The summed E-state index contributed by atoms with van der Waals surface area (Å²) in [6.07, 6.45) is 3.31. The molecule has 0 radical (unpaired) electrons. The van der Waals surface area contributed by atoms with Gasteiger partial charge in [0.05, 0.1) is 5.92 Å². The van der Waals surface area contributed by atoms with Crippen molar-refractivity contribution in [3.05, 3.63) is 0 Å². The number of carboxylic acids is 1. The van der Waals surface area contributed by atoms with Crippen molar-refractivity contribution in [1.82, 2.24) is 4.90 Å². The Hall–Kier alpha value is -1.10. The summed E-state index contributed by atoms with van der Waals surface area (Å²) in [4.78, 5) is 24.1. The van der Waals surface area contributed by atoms with E-state index in [2.05, 4.69) is 4.90 Å². The summed E-state index contributed by atoms with van der Waals surface area (Å²) in [5, 5.41) is 8.97. The smallest absolute Gasteiger partial charge is 0.308 e. The lowest BCUT2D eigenvalue weighted by Gasteiger charge is -2.44. The Labute approximate surface area is 94.6 Å². The van der Waals surface area contributed by atoms with Gasteiger partial charge in [0, 0.05) is 12.0 Å². The van der Waals surface area contributed by atoms with Gasteiger partial charge in [-0.1, -0.05) is 0 Å². The molecule has 1 aliphatic carbocycles. The second kappa shape index (κ2) is 4.41. The van der Waals surface area contributed by atoms with Crippen molar-refractivity contribution in [3.8, 4) is 0 Å². The lowest BCUT2D eigenvalue weighted by Crippen LogP contribution is -2.53. The van der Waals surface area contributed by atoms with Crippen LogP contribution in [-0.2, 0) is 9.59 Å². The highest BCUT2D eigenvalue weighted by atomic mass is 16.4. The van der Waals surface area contributed by atoms with Crippen molar-refractivity contribution in [2.75, 3.05) is 13.1 Å². The van der Waals surface area contributed by atoms with Crippen molar-refractivity contribution in [2.24, 2.45) is 17.6 Å². The van der Waals surface area contributed by atoms with Crippen LogP contribution in [0.1, 0.15) is 25.7 Å². The van der Waals surface area contributed by atoms with Crippen molar-refractivity contribution in [2.45, 2.75) is 31.7 Å². The van der Waals surface area contributed by atoms with E-state index in [0.717, 1.165) is 38.8 Å². The molecule has 2 fully saturated rings. The van der Waals surface area contributed by atoms with Crippen molar-refractivity contribution in [1.29, 1.82) is 0 Å². The zero-order valence-electron chi connectivity index (χ0n) is 9.26. The molecule has 90 valence electrons. The number of hydrogen-bond donors (Lipinski definition) is 2. The lowest BCUT2D eigenvalue weighted by atomic mass is 9.77. The van der Waals surface area contributed by atoms with Gasteiger partial charge < -0.3 is 10.8 Å². The number of aliphatic carboxylic acids is 1. The van der Waals surface area contributed by atoms with Crippen LogP contribution in [0.15, 0.2) is 0 Å². The predicted molar refractivity (Wildman–Crippen MR) is 57.6 cm³/mol. The highest BCUT2D eigenvalue weighted by Gasteiger charge is 2.41. The molecule has 5 nitrogen and oxygen atoms in total. The highest BCUT2D eigenvalue weighted by Crippen LogP contribution is 2.34. The first-order chi connectivity index (χ1) is 7.59. The minimum Gasteiger partial charge on any atom is -0.481 e. The van der Waals surface area contributed by atoms with E-state index >= 15 is 0 Å². The number of nitrogens with zero attached hydrogens (tertiary/aromatic N) is 1. The number of hydrogen-bond acceptors (Lipinski definition) is 3. The van der Waals surface area contributed by atoms with Crippen LogP contribution in [0.4, 0.5) is 0 Å². The summed E-state index contributed by atoms with van der Waals surface area (Å²) in [6.45, 7) is 1.62. The molecular weight excluding hydrogens is 208 g/mol. The third-order valence-corrected chi connectivity index (χ3v) is 3.96. The van der Waals surface area contributed by atoms with Gasteiger partial charge in [0.25, 0.3) is 0 Å². The SMILES string of the molecule is NC(=O)C1CCN(C2CCC2C(=O)O)CC1. The van der Waals surface area contributed by atoms with E-state index in [4.69, 9.17) is 10.8 Å². The van der Waals surface area contributed by atoms with E-state index in [9.17, 15) is 9.59 Å². The molecule has 1 amide bonds. The number of piperidine rings is 1. The number of nitrogens with two attached hydrogens (primary N) is 1. The summed E-state index contributed by atoms with van der Waals surface area (Å²) >= 11 is 0. The Morgan fingerprint density at radius 2 is 1.75 bits per heavy atom. The Balaban J connectivity index is 1.85. The predicted octanol–water partition coefficient (Wildman–Crippen LogP) is 0.0469. The number of carbonyl (C=O) groups is 2. The molecule has 0 spiro atoms. The molecule has 0 aromatic rings. The van der Waals surface area contributed by atoms with Crippen LogP contribution in [0.3, 0.4) is 0 Å². The quantitative estimate of drug-likeness (QED) is 0.712. The Morgan fingerprint density at radius 1 is 1.12 bits per heavy atom. The third kappa shape index (κ3) is 2.04. The molecule has 5 heteroatoms. The molecule has 2 atom stereocenters. The summed E-state index contributed by atoms with van der Waals surface area (Å²) in [7, 11) is 0. The van der Waals surface area contributed by atoms with E-state index < -0.39 is 5.97 Å². The molecule has 2 aliphatic rings. The van der Waals surface area contributed by atoms with Gasteiger partial charge in [0.2, 0.25) is 5.91 Å². The standard InChI is InChI=1S/C11H18N2O3/c12-10(14)7-3-5-13(6-4-7)9-2-1-8(9)11(15)16/h7-9H,1-6H2,(H2,12,14)(H,15,16). The van der Waals surface area contributed by atoms with Crippen LogP contribution in [0, 0.1) is 11.8 Å². The Kier molecular flexibility index (Phi) is 3.14. The third-order valence-electron chi connectivity index (χ3n) is 3.96. The Bertz CT molecular complexity index is 298. The van der Waals surface area contributed by atoms with E-state index in [-0.39, 0.29) is 23.8 Å². The second-order valence-corrected chi connectivity index (χ2v) is 4.80. The van der Waals surface area contributed by atoms with Gasteiger partial charge in [-0.25, -0.2) is 0 Å². The van der Waals surface area contributed by atoms with E-state index in [1.807, 2.05) is 0 Å². The fourth-order valence-electron chi connectivity index (χ4n) is 2.72. The first-order valence-electron chi connectivity index (χ1n) is 5.85. The minimum absolute atomic E-state index is 0.0143. The first kappa shape index (κ1) is 11.4. The van der Waals surface area contributed by atoms with Crippen LogP contribution >= 0.6 is 0 Å². The Morgan fingerprint density at radius 3 is 2.12 bits per heavy atom. The maximum atomic E-state index is 11.0. The summed E-state index contributed by atoms with van der Waals surface area (Å²) < 4.78 is 0. The van der Waals surface area contributed by atoms with Crippen LogP contribution in [0.2, 0.25) is 0 Å². The second-order valence-electron chi connectivity index (χ2n) is 4.80. The van der Waals surface area contributed by atoms with Gasteiger partial charge in [-0.05, 0) is 38.8 Å².